The summed E-state index contributed by atoms with van der Waals surface area (Å²) in [5, 5.41) is 12.3. The molecule has 1 aliphatic rings. The topological polar surface area (TPSA) is 41.5 Å². The molecule has 66 valence electrons. The number of nitrogens with one attached hydrogen (secondary N) is 1. The Morgan fingerprint density at radius 3 is 3.00 bits per heavy atom. The first-order valence-electron chi connectivity index (χ1n) is 4.19. The Bertz CT molecular complexity index is 102. The molecule has 1 saturated heterocycles. The van der Waals surface area contributed by atoms with Gasteiger partial charge in [-0.1, -0.05) is 0 Å². The van der Waals surface area contributed by atoms with Gasteiger partial charge in [0.05, 0.1) is 6.61 Å². The van der Waals surface area contributed by atoms with E-state index in [4.69, 9.17) is 9.84 Å². The molecule has 0 aliphatic carbocycles. The molecule has 1 aliphatic heterocycles. The summed E-state index contributed by atoms with van der Waals surface area (Å²) in [5.41, 5.74) is 0. The van der Waals surface area contributed by atoms with Gasteiger partial charge >= 0.3 is 0 Å². The molecule has 0 aromatic carbocycles. The third-order valence-electron chi connectivity index (χ3n) is 2.38. The fourth-order valence-corrected chi connectivity index (χ4v) is 1.63. The Morgan fingerprint density at radius 2 is 2.55 bits per heavy atom. The van der Waals surface area contributed by atoms with E-state index in [1.807, 2.05) is 0 Å². The summed E-state index contributed by atoms with van der Waals surface area (Å²) in [4.78, 5) is 0. The van der Waals surface area contributed by atoms with Crippen molar-refractivity contribution in [1.82, 2.24) is 5.32 Å². The van der Waals surface area contributed by atoms with E-state index in [9.17, 15) is 0 Å². The van der Waals surface area contributed by atoms with Crippen LogP contribution in [0.15, 0.2) is 0 Å². The molecule has 0 amide bonds. The summed E-state index contributed by atoms with van der Waals surface area (Å²) in [6.07, 6.45) is 1.18. The molecular weight excluding hydrogens is 142 g/mol. The first-order chi connectivity index (χ1) is 5.38. The van der Waals surface area contributed by atoms with Gasteiger partial charge in [0.15, 0.2) is 0 Å². The summed E-state index contributed by atoms with van der Waals surface area (Å²) in [7, 11) is 1.69. The fraction of sp³-hybridized carbons (Fsp3) is 1.00. The maximum Gasteiger partial charge on any atom is 0.0515 e. The van der Waals surface area contributed by atoms with Crippen molar-refractivity contribution in [3.63, 3.8) is 0 Å². The average molecular weight is 159 g/mol. The van der Waals surface area contributed by atoms with E-state index in [0.717, 1.165) is 13.1 Å². The molecule has 0 saturated carbocycles. The van der Waals surface area contributed by atoms with Crippen molar-refractivity contribution in [3.05, 3.63) is 0 Å². The van der Waals surface area contributed by atoms with Crippen LogP contribution in [0, 0.1) is 11.8 Å². The lowest BCUT2D eigenvalue weighted by Crippen LogP contribution is -2.25. The monoisotopic (exact) mass is 159 g/mol. The second kappa shape index (κ2) is 4.70. The Morgan fingerprint density at radius 1 is 1.73 bits per heavy atom. The van der Waals surface area contributed by atoms with Crippen LogP contribution in [0.4, 0.5) is 0 Å². The summed E-state index contributed by atoms with van der Waals surface area (Å²) in [6.45, 7) is 3.06. The second-order valence-corrected chi connectivity index (χ2v) is 3.15. The molecule has 3 nitrogen and oxygen atoms in total. The average Bonchev–Trinajstić information content (AvgIpc) is 2.52. The molecule has 2 atom stereocenters. The summed E-state index contributed by atoms with van der Waals surface area (Å²) < 4.78 is 5.02. The first kappa shape index (κ1) is 8.97. The Hall–Kier alpha value is -0.120. The van der Waals surface area contributed by atoms with Crippen LogP contribution < -0.4 is 5.32 Å². The largest absolute Gasteiger partial charge is 0.396 e. The maximum atomic E-state index is 9.01. The van der Waals surface area contributed by atoms with E-state index in [-0.39, 0.29) is 6.61 Å². The Kier molecular flexibility index (Phi) is 3.83. The van der Waals surface area contributed by atoms with Gasteiger partial charge in [-0.3, -0.25) is 0 Å². The van der Waals surface area contributed by atoms with E-state index >= 15 is 0 Å². The number of rotatable bonds is 4. The fourth-order valence-electron chi connectivity index (χ4n) is 1.63. The third kappa shape index (κ3) is 2.43. The van der Waals surface area contributed by atoms with Crippen molar-refractivity contribution in [2.24, 2.45) is 11.8 Å². The highest BCUT2D eigenvalue weighted by Gasteiger charge is 2.23. The Labute approximate surface area is 67.7 Å². The number of aliphatic hydroxyl groups excluding tert-OH is 1. The van der Waals surface area contributed by atoms with Gasteiger partial charge in [-0.05, 0) is 25.4 Å². The van der Waals surface area contributed by atoms with Gasteiger partial charge < -0.3 is 15.2 Å². The predicted molar refractivity (Wildman–Crippen MR) is 43.4 cm³/mol. The minimum atomic E-state index is 0.250. The van der Waals surface area contributed by atoms with E-state index in [2.05, 4.69) is 5.32 Å². The number of methoxy groups -OCH3 is 1. The van der Waals surface area contributed by atoms with Crippen molar-refractivity contribution in [1.29, 1.82) is 0 Å². The van der Waals surface area contributed by atoms with Gasteiger partial charge in [-0.15, -0.1) is 0 Å². The van der Waals surface area contributed by atoms with Crippen LogP contribution in [-0.4, -0.2) is 38.5 Å². The predicted octanol–water partition coefficient (Wildman–Crippen LogP) is -0.149. The zero-order valence-electron chi connectivity index (χ0n) is 7.05. The SMILES string of the molecule is COCC(CO)C1CCNC1. The standard InChI is InChI=1S/C8H17NO2/c1-11-6-8(5-10)7-2-3-9-4-7/h7-10H,2-6H2,1H3. The lowest BCUT2D eigenvalue weighted by atomic mass is 9.93. The quantitative estimate of drug-likeness (QED) is 0.599. The number of ether oxygens (including phenoxy) is 1. The van der Waals surface area contributed by atoms with Crippen LogP contribution in [0.5, 0.6) is 0 Å². The van der Waals surface area contributed by atoms with Gasteiger partial charge in [0.25, 0.3) is 0 Å². The molecule has 11 heavy (non-hydrogen) atoms. The minimum absolute atomic E-state index is 0.250. The van der Waals surface area contributed by atoms with Crippen molar-refractivity contribution < 1.29 is 9.84 Å². The van der Waals surface area contributed by atoms with Crippen molar-refractivity contribution >= 4 is 0 Å². The van der Waals surface area contributed by atoms with Crippen molar-refractivity contribution in [2.75, 3.05) is 33.4 Å². The molecule has 1 fully saturated rings. The molecule has 0 radical (unpaired) electrons. The molecule has 1 rings (SSSR count). The van der Waals surface area contributed by atoms with Gasteiger partial charge in [0.2, 0.25) is 0 Å². The highest BCUT2D eigenvalue weighted by atomic mass is 16.5. The molecule has 2 N–H and O–H groups in total. The van der Waals surface area contributed by atoms with Crippen LogP contribution in [-0.2, 0) is 4.74 Å². The van der Waals surface area contributed by atoms with E-state index in [1.165, 1.54) is 6.42 Å². The summed E-state index contributed by atoms with van der Waals surface area (Å²) in [6, 6.07) is 0. The third-order valence-corrected chi connectivity index (χ3v) is 2.38. The lowest BCUT2D eigenvalue weighted by Gasteiger charge is -2.18. The summed E-state index contributed by atoms with van der Waals surface area (Å²) >= 11 is 0. The minimum Gasteiger partial charge on any atom is -0.396 e. The molecule has 1 heterocycles. The second-order valence-electron chi connectivity index (χ2n) is 3.15. The first-order valence-corrected chi connectivity index (χ1v) is 4.19. The molecule has 2 unspecified atom stereocenters. The van der Waals surface area contributed by atoms with Crippen LogP contribution in [0.3, 0.4) is 0 Å². The van der Waals surface area contributed by atoms with Crippen LogP contribution in [0.2, 0.25) is 0 Å². The highest BCUT2D eigenvalue weighted by Crippen LogP contribution is 2.18. The lowest BCUT2D eigenvalue weighted by molar-refractivity contribution is 0.0805. The van der Waals surface area contributed by atoms with Gasteiger partial charge in [-0.25, -0.2) is 0 Å². The van der Waals surface area contributed by atoms with Crippen molar-refractivity contribution in [3.8, 4) is 0 Å². The van der Waals surface area contributed by atoms with Crippen LogP contribution >= 0.6 is 0 Å². The number of aliphatic hydroxyl groups is 1. The molecule has 0 aromatic rings. The van der Waals surface area contributed by atoms with E-state index < -0.39 is 0 Å². The summed E-state index contributed by atoms with van der Waals surface area (Å²) in [5.74, 6) is 0.940. The van der Waals surface area contributed by atoms with Crippen LogP contribution in [0.1, 0.15) is 6.42 Å². The number of hydrogen-bond donors (Lipinski definition) is 2. The van der Waals surface area contributed by atoms with Crippen LogP contribution in [0.25, 0.3) is 0 Å². The molecule has 3 heteroatoms. The molecule has 0 spiro atoms. The molecule has 0 aromatic heterocycles. The number of hydrogen-bond acceptors (Lipinski definition) is 3. The van der Waals surface area contributed by atoms with E-state index in [0.29, 0.717) is 18.4 Å². The normalized spacial score (nSPS) is 27.3. The molecular formula is C8H17NO2. The highest BCUT2D eigenvalue weighted by molar-refractivity contribution is 4.77. The van der Waals surface area contributed by atoms with Crippen molar-refractivity contribution in [2.45, 2.75) is 6.42 Å². The molecule has 0 bridgehead atoms. The van der Waals surface area contributed by atoms with Gasteiger partial charge in [0.1, 0.15) is 0 Å². The van der Waals surface area contributed by atoms with Gasteiger partial charge in [-0.2, -0.15) is 0 Å². The zero-order valence-corrected chi connectivity index (χ0v) is 7.05. The van der Waals surface area contributed by atoms with Gasteiger partial charge in [0, 0.05) is 19.6 Å². The van der Waals surface area contributed by atoms with E-state index in [1.54, 1.807) is 7.11 Å². The maximum absolute atomic E-state index is 9.01. The smallest absolute Gasteiger partial charge is 0.0515 e. The Balaban J connectivity index is 2.27. The zero-order chi connectivity index (χ0) is 8.10.